The number of nitrogens with zero attached hydrogens (tertiary/aromatic N) is 2. The van der Waals surface area contributed by atoms with Crippen molar-refractivity contribution < 1.29 is 4.79 Å². The molecular weight excluding hydrogens is 212 g/mol. The molecule has 2 rings (SSSR count). The maximum atomic E-state index is 12.3. The molecule has 1 unspecified atom stereocenters. The Morgan fingerprint density at radius 3 is 2.35 bits per heavy atom. The van der Waals surface area contributed by atoms with Crippen molar-refractivity contribution in [3.63, 3.8) is 0 Å². The van der Waals surface area contributed by atoms with Gasteiger partial charge in [0.2, 0.25) is 0 Å². The second-order valence-corrected chi connectivity index (χ2v) is 5.55. The Labute approximate surface area is 105 Å². The number of hydrogen-bond donors (Lipinski definition) is 0. The van der Waals surface area contributed by atoms with Crippen molar-refractivity contribution in [1.82, 2.24) is 9.80 Å². The molecule has 2 heterocycles. The summed E-state index contributed by atoms with van der Waals surface area (Å²) in [6.45, 7) is 6.19. The molecule has 0 N–H and O–H groups in total. The highest BCUT2D eigenvalue weighted by Crippen LogP contribution is 2.23. The number of urea groups is 1. The van der Waals surface area contributed by atoms with Gasteiger partial charge < -0.3 is 9.80 Å². The van der Waals surface area contributed by atoms with Crippen LogP contribution in [0.4, 0.5) is 4.79 Å². The summed E-state index contributed by atoms with van der Waals surface area (Å²) in [7, 11) is 0. The Kier molecular flexibility index (Phi) is 4.69. The standard InChI is InChI=1S/C14H26N2O/c1-2-6-13-7-5-11-16(12-8-13)14(17)15-9-3-4-10-15/h13H,2-12H2,1H3. The lowest BCUT2D eigenvalue weighted by atomic mass is 9.96. The van der Waals surface area contributed by atoms with E-state index in [9.17, 15) is 4.79 Å². The van der Waals surface area contributed by atoms with Crippen LogP contribution >= 0.6 is 0 Å². The van der Waals surface area contributed by atoms with Crippen LogP contribution in [0.1, 0.15) is 51.9 Å². The van der Waals surface area contributed by atoms with Crippen molar-refractivity contribution in [2.75, 3.05) is 26.2 Å². The first-order chi connectivity index (χ1) is 8.31. The molecule has 3 nitrogen and oxygen atoms in total. The molecule has 2 saturated heterocycles. The number of amides is 2. The van der Waals surface area contributed by atoms with Crippen molar-refractivity contribution in [2.45, 2.75) is 51.9 Å². The first-order valence-corrected chi connectivity index (χ1v) is 7.35. The maximum Gasteiger partial charge on any atom is 0.319 e. The molecule has 1 atom stereocenters. The van der Waals surface area contributed by atoms with Gasteiger partial charge >= 0.3 is 6.03 Å². The van der Waals surface area contributed by atoms with Crippen molar-refractivity contribution in [3.05, 3.63) is 0 Å². The van der Waals surface area contributed by atoms with Crippen molar-refractivity contribution in [2.24, 2.45) is 5.92 Å². The van der Waals surface area contributed by atoms with Crippen molar-refractivity contribution in [1.29, 1.82) is 0 Å². The van der Waals surface area contributed by atoms with E-state index < -0.39 is 0 Å². The Hall–Kier alpha value is -0.730. The van der Waals surface area contributed by atoms with E-state index in [0.717, 1.165) is 32.1 Å². The summed E-state index contributed by atoms with van der Waals surface area (Å²) < 4.78 is 0. The van der Waals surface area contributed by atoms with E-state index >= 15 is 0 Å². The summed E-state index contributed by atoms with van der Waals surface area (Å²) in [5.74, 6) is 0.858. The van der Waals surface area contributed by atoms with Gasteiger partial charge in [-0.25, -0.2) is 4.79 Å². The number of likely N-dealkylation sites (tertiary alicyclic amines) is 2. The van der Waals surface area contributed by atoms with Gasteiger partial charge in [-0.2, -0.15) is 0 Å². The predicted molar refractivity (Wildman–Crippen MR) is 70.0 cm³/mol. The number of hydrogen-bond acceptors (Lipinski definition) is 1. The van der Waals surface area contributed by atoms with E-state index in [0.29, 0.717) is 6.03 Å². The summed E-state index contributed by atoms with van der Waals surface area (Å²) in [4.78, 5) is 16.4. The third-order valence-electron chi connectivity index (χ3n) is 4.19. The third-order valence-corrected chi connectivity index (χ3v) is 4.19. The Bertz CT molecular complexity index is 249. The Balaban J connectivity index is 1.83. The lowest BCUT2D eigenvalue weighted by molar-refractivity contribution is 0.163. The lowest BCUT2D eigenvalue weighted by Crippen LogP contribution is -2.42. The minimum Gasteiger partial charge on any atom is -0.325 e. The van der Waals surface area contributed by atoms with Crippen LogP contribution in [-0.2, 0) is 0 Å². The largest absolute Gasteiger partial charge is 0.325 e. The predicted octanol–water partition coefficient (Wildman–Crippen LogP) is 3.10. The molecule has 0 aromatic carbocycles. The first-order valence-electron chi connectivity index (χ1n) is 7.35. The molecule has 0 aromatic heterocycles. The zero-order valence-corrected chi connectivity index (χ0v) is 11.2. The maximum absolute atomic E-state index is 12.3. The quantitative estimate of drug-likeness (QED) is 0.725. The molecule has 2 amide bonds. The van der Waals surface area contributed by atoms with Crippen LogP contribution in [0.3, 0.4) is 0 Å². The highest BCUT2D eigenvalue weighted by molar-refractivity contribution is 5.74. The van der Waals surface area contributed by atoms with E-state index in [4.69, 9.17) is 0 Å². The number of carbonyl (C=O) groups is 1. The van der Waals surface area contributed by atoms with Crippen molar-refractivity contribution >= 4 is 6.03 Å². The third kappa shape index (κ3) is 3.36. The van der Waals surface area contributed by atoms with Gasteiger partial charge in [0.1, 0.15) is 0 Å². The number of carbonyl (C=O) groups excluding carboxylic acids is 1. The summed E-state index contributed by atoms with van der Waals surface area (Å²) >= 11 is 0. The van der Waals surface area contributed by atoms with Crippen LogP contribution in [0.15, 0.2) is 0 Å². The minimum absolute atomic E-state index is 0.305. The molecule has 0 saturated carbocycles. The fourth-order valence-corrected chi connectivity index (χ4v) is 3.16. The summed E-state index contributed by atoms with van der Waals surface area (Å²) in [5, 5.41) is 0. The Morgan fingerprint density at radius 2 is 1.65 bits per heavy atom. The molecule has 2 fully saturated rings. The fourth-order valence-electron chi connectivity index (χ4n) is 3.16. The smallest absolute Gasteiger partial charge is 0.319 e. The van der Waals surface area contributed by atoms with Gasteiger partial charge in [0, 0.05) is 26.2 Å². The first kappa shape index (κ1) is 12.7. The van der Waals surface area contributed by atoms with Crippen LogP contribution in [0, 0.1) is 5.92 Å². The van der Waals surface area contributed by atoms with Crippen LogP contribution in [0.5, 0.6) is 0 Å². The summed E-state index contributed by atoms with van der Waals surface area (Å²) in [6, 6.07) is 0.305. The second kappa shape index (κ2) is 6.27. The van der Waals surface area contributed by atoms with Gasteiger partial charge in [-0.3, -0.25) is 0 Å². The van der Waals surface area contributed by atoms with E-state index in [1.54, 1.807) is 0 Å². The van der Waals surface area contributed by atoms with Gasteiger partial charge in [0.05, 0.1) is 0 Å². The topological polar surface area (TPSA) is 23.6 Å². The van der Waals surface area contributed by atoms with Crippen LogP contribution < -0.4 is 0 Å². The average molecular weight is 238 g/mol. The van der Waals surface area contributed by atoms with E-state index in [1.165, 1.54) is 44.9 Å². The molecule has 17 heavy (non-hydrogen) atoms. The zero-order chi connectivity index (χ0) is 12.1. The van der Waals surface area contributed by atoms with Gasteiger partial charge in [-0.1, -0.05) is 19.8 Å². The molecule has 0 aromatic rings. The van der Waals surface area contributed by atoms with Gasteiger partial charge in [-0.15, -0.1) is 0 Å². The molecule has 0 spiro atoms. The van der Waals surface area contributed by atoms with Gasteiger partial charge in [-0.05, 0) is 38.0 Å². The van der Waals surface area contributed by atoms with Crippen LogP contribution in [-0.4, -0.2) is 42.0 Å². The molecule has 2 aliphatic rings. The normalized spacial score (nSPS) is 26.1. The molecule has 2 aliphatic heterocycles. The van der Waals surface area contributed by atoms with Crippen LogP contribution in [0.25, 0.3) is 0 Å². The molecule has 0 radical (unpaired) electrons. The average Bonchev–Trinajstić information content (AvgIpc) is 2.76. The molecule has 98 valence electrons. The number of rotatable bonds is 2. The Morgan fingerprint density at radius 1 is 1.00 bits per heavy atom. The lowest BCUT2D eigenvalue weighted by Gasteiger charge is -2.26. The minimum atomic E-state index is 0.305. The monoisotopic (exact) mass is 238 g/mol. The van der Waals surface area contributed by atoms with E-state index in [-0.39, 0.29) is 0 Å². The molecule has 3 heteroatoms. The van der Waals surface area contributed by atoms with Gasteiger partial charge in [0.15, 0.2) is 0 Å². The van der Waals surface area contributed by atoms with Gasteiger partial charge in [0.25, 0.3) is 0 Å². The van der Waals surface area contributed by atoms with E-state index in [2.05, 4.69) is 11.8 Å². The zero-order valence-electron chi connectivity index (χ0n) is 11.2. The SMILES string of the molecule is CCCC1CCCN(C(=O)N2CCCC2)CC1. The van der Waals surface area contributed by atoms with Crippen LogP contribution in [0.2, 0.25) is 0 Å². The fraction of sp³-hybridized carbons (Fsp3) is 0.929. The van der Waals surface area contributed by atoms with Crippen molar-refractivity contribution in [3.8, 4) is 0 Å². The highest BCUT2D eigenvalue weighted by atomic mass is 16.2. The summed E-state index contributed by atoms with van der Waals surface area (Å²) in [5.41, 5.74) is 0. The highest BCUT2D eigenvalue weighted by Gasteiger charge is 2.25. The summed E-state index contributed by atoms with van der Waals surface area (Å²) in [6.07, 6.45) is 8.74. The molecular formula is C14H26N2O. The van der Waals surface area contributed by atoms with E-state index in [1.807, 2.05) is 4.90 Å². The molecule has 0 bridgehead atoms. The molecule has 0 aliphatic carbocycles. The second-order valence-electron chi connectivity index (χ2n) is 5.55.